The third kappa shape index (κ3) is 4.26. The Labute approximate surface area is 145 Å². The summed E-state index contributed by atoms with van der Waals surface area (Å²) in [5.74, 6) is -1.03. The molecule has 0 aromatic heterocycles. The molecule has 1 aliphatic heterocycles. The Morgan fingerprint density at radius 2 is 1.80 bits per heavy atom. The lowest BCUT2D eigenvalue weighted by Crippen LogP contribution is -2.48. The quantitative estimate of drug-likeness (QED) is 0.926. The van der Waals surface area contributed by atoms with Crippen molar-refractivity contribution in [2.75, 3.05) is 31.1 Å². The number of nitrogens with zero attached hydrogens (tertiary/aromatic N) is 2. The van der Waals surface area contributed by atoms with Crippen LogP contribution in [0.15, 0.2) is 42.5 Å². The van der Waals surface area contributed by atoms with Gasteiger partial charge >= 0.3 is 0 Å². The number of phenols is 1. The van der Waals surface area contributed by atoms with Crippen molar-refractivity contribution in [3.63, 3.8) is 0 Å². The molecule has 0 bridgehead atoms. The summed E-state index contributed by atoms with van der Waals surface area (Å²) in [6.07, 6.45) is 0.465. The monoisotopic (exact) mass is 346 g/mol. The molecule has 1 amide bonds. The molecule has 0 unspecified atom stereocenters. The lowest BCUT2D eigenvalue weighted by molar-refractivity contribution is -0.131. The van der Waals surface area contributed by atoms with E-state index >= 15 is 0 Å². The molecule has 1 saturated heterocycles. The number of carbonyl (C=O) groups excluding carboxylic acids is 1. The number of anilines is 1. The lowest BCUT2D eigenvalue weighted by atomic mass is 10.1. The van der Waals surface area contributed by atoms with Gasteiger partial charge in [-0.1, -0.05) is 12.1 Å². The first-order valence-electron chi connectivity index (χ1n) is 8.28. The van der Waals surface area contributed by atoms with Crippen LogP contribution < -0.4 is 4.90 Å². The Hall–Kier alpha value is -2.63. The summed E-state index contributed by atoms with van der Waals surface area (Å²) in [6.45, 7) is 2.53. The first-order chi connectivity index (χ1) is 12.0. The number of hydrogen-bond acceptors (Lipinski definition) is 3. The minimum Gasteiger partial charge on any atom is -0.508 e. The minimum absolute atomic E-state index is 0.0284. The van der Waals surface area contributed by atoms with Gasteiger partial charge in [-0.25, -0.2) is 8.78 Å². The molecular formula is C19H20F2N2O2. The zero-order valence-corrected chi connectivity index (χ0v) is 13.8. The Bertz CT molecular complexity index is 759. The third-order valence-corrected chi connectivity index (χ3v) is 4.45. The molecule has 3 rings (SSSR count). The van der Waals surface area contributed by atoms with Gasteiger partial charge in [-0.15, -0.1) is 0 Å². The van der Waals surface area contributed by atoms with Crippen LogP contribution in [0.1, 0.15) is 12.0 Å². The second kappa shape index (κ2) is 7.51. The molecule has 2 aromatic rings. The van der Waals surface area contributed by atoms with Gasteiger partial charge < -0.3 is 14.9 Å². The van der Waals surface area contributed by atoms with Crippen LogP contribution in [0.25, 0.3) is 0 Å². The summed E-state index contributed by atoms with van der Waals surface area (Å²) >= 11 is 0. The van der Waals surface area contributed by atoms with Gasteiger partial charge in [-0.05, 0) is 30.2 Å². The number of piperazine rings is 1. The maximum Gasteiger partial charge on any atom is 0.223 e. The molecule has 4 nitrogen and oxygen atoms in total. The smallest absolute Gasteiger partial charge is 0.223 e. The van der Waals surface area contributed by atoms with Crippen molar-refractivity contribution in [3.05, 3.63) is 59.7 Å². The van der Waals surface area contributed by atoms with Gasteiger partial charge in [0.1, 0.15) is 17.4 Å². The largest absolute Gasteiger partial charge is 0.508 e. The SMILES string of the molecule is O=C(CCc1ccc(F)cc1F)N1CCN(c2cccc(O)c2)CC1. The molecule has 1 fully saturated rings. The van der Waals surface area contributed by atoms with Crippen molar-refractivity contribution in [3.8, 4) is 5.75 Å². The Morgan fingerprint density at radius 1 is 1.04 bits per heavy atom. The number of amides is 1. The standard InChI is InChI=1S/C19H20F2N2O2/c20-15-6-4-14(18(21)12-15)5-7-19(25)23-10-8-22(9-11-23)16-2-1-3-17(24)13-16/h1-4,6,12-13,24H,5,7-11H2. The van der Waals surface area contributed by atoms with E-state index in [9.17, 15) is 18.7 Å². The molecular weight excluding hydrogens is 326 g/mol. The van der Waals surface area contributed by atoms with Gasteiger partial charge in [-0.3, -0.25) is 4.79 Å². The summed E-state index contributed by atoms with van der Waals surface area (Å²) in [5, 5.41) is 9.56. The molecule has 0 radical (unpaired) electrons. The fourth-order valence-corrected chi connectivity index (χ4v) is 3.03. The van der Waals surface area contributed by atoms with Crippen molar-refractivity contribution >= 4 is 11.6 Å². The highest BCUT2D eigenvalue weighted by atomic mass is 19.1. The Balaban J connectivity index is 1.51. The third-order valence-electron chi connectivity index (χ3n) is 4.45. The number of rotatable bonds is 4. The molecule has 0 atom stereocenters. The van der Waals surface area contributed by atoms with E-state index in [2.05, 4.69) is 4.90 Å². The number of aromatic hydroxyl groups is 1. The van der Waals surface area contributed by atoms with Crippen LogP contribution in [0.2, 0.25) is 0 Å². The minimum atomic E-state index is -0.615. The molecule has 2 aromatic carbocycles. The van der Waals surface area contributed by atoms with Gasteiger partial charge in [0.25, 0.3) is 0 Å². The van der Waals surface area contributed by atoms with Gasteiger partial charge in [0, 0.05) is 50.4 Å². The van der Waals surface area contributed by atoms with Gasteiger partial charge in [0.2, 0.25) is 5.91 Å². The second-order valence-corrected chi connectivity index (χ2v) is 6.12. The lowest BCUT2D eigenvalue weighted by Gasteiger charge is -2.36. The van der Waals surface area contributed by atoms with Crippen LogP contribution in [-0.2, 0) is 11.2 Å². The number of halogens is 2. The van der Waals surface area contributed by atoms with Crippen molar-refractivity contribution < 1.29 is 18.7 Å². The summed E-state index contributed by atoms with van der Waals surface area (Å²) in [7, 11) is 0. The topological polar surface area (TPSA) is 43.8 Å². The molecule has 1 aliphatic rings. The zero-order valence-electron chi connectivity index (χ0n) is 13.8. The van der Waals surface area contributed by atoms with Crippen molar-refractivity contribution in [1.29, 1.82) is 0 Å². The maximum atomic E-state index is 13.6. The van der Waals surface area contributed by atoms with E-state index in [0.717, 1.165) is 11.8 Å². The maximum absolute atomic E-state index is 13.6. The van der Waals surface area contributed by atoms with E-state index in [1.807, 2.05) is 6.07 Å². The number of benzene rings is 2. The molecule has 1 N–H and O–H groups in total. The van der Waals surface area contributed by atoms with Crippen LogP contribution in [0.5, 0.6) is 5.75 Å². The highest BCUT2D eigenvalue weighted by molar-refractivity contribution is 5.76. The van der Waals surface area contributed by atoms with Gasteiger partial charge in [0.15, 0.2) is 0 Å². The second-order valence-electron chi connectivity index (χ2n) is 6.12. The van der Waals surface area contributed by atoms with Crippen LogP contribution >= 0.6 is 0 Å². The molecule has 0 saturated carbocycles. The highest BCUT2D eigenvalue weighted by Crippen LogP contribution is 2.21. The van der Waals surface area contributed by atoms with E-state index in [1.54, 1.807) is 23.1 Å². The van der Waals surface area contributed by atoms with Gasteiger partial charge in [-0.2, -0.15) is 0 Å². The van der Waals surface area contributed by atoms with E-state index < -0.39 is 11.6 Å². The van der Waals surface area contributed by atoms with Crippen molar-refractivity contribution in [2.24, 2.45) is 0 Å². The van der Waals surface area contributed by atoms with Crippen LogP contribution in [0.4, 0.5) is 14.5 Å². The van der Waals surface area contributed by atoms with E-state index in [1.165, 1.54) is 12.1 Å². The number of phenolic OH excluding ortho intramolecular Hbond substituents is 1. The van der Waals surface area contributed by atoms with Gasteiger partial charge in [0.05, 0.1) is 0 Å². The van der Waals surface area contributed by atoms with E-state index in [-0.39, 0.29) is 24.5 Å². The first-order valence-corrected chi connectivity index (χ1v) is 8.28. The molecule has 25 heavy (non-hydrogen) atoms. The predicted molar refractivity (Wildman–Crippen MR) is 91.6 cm³/mol. The average Bonchev–Trinajstić information content (AvgIpc) is 2.61. The summed E-state index contributed by atoms with van der Waals surface area (Å²) in [6, 6.07) is 10.5. The molecule has 0 aliphatic carbocycles. The van der Waals surface area contributed by atoms with Crippen LogP contribution in [-0.4, -0.2) is 42.1 Å². The Kier molecular flexibility index (Phi) is 5.16. The number of aryl methyl sites for hydroxylation is 1. The highest BCUT2D eigenvalue weighted by Gasteiger charge is 2.21. The zero-order chi connectivity index (χ0) is 17.8. The first kappa shape index (κ1) is 17.2. The molecule has 132 valence electrons. The summed E-state index contributed by atoms with van der Waals surface area (Å²) in [4.78, 5) is 16.2. The van der Waals surface area contributed by atoms with Crippen molar-refractivity contribution in [1.82, 2.24) is 4.90 Å². The summed E-state index contributed by atoms with van der Waals surface area (Å²) in [5.41, 5.74) is 1.29. The Morgan fingerprint density at radius 3 is 2.48 bits per heavy atom. The summed E-state index contributed by atoms with van der Waals surface area (Å²) < 4.78 is 26.5. The molecule has 0 spiro atoms. The average molecular weight is 346 g/mol. The molecule has 6 heteroatoms. The fourth-order valence-electron chi connectivity index (χ4n) is 3.03. The van der Waals surface area contributed by atoms with Crippen LogP contribution in [0.3, 0.4) is 0 Å². The predicted octanol–water partition coefficient (Wildman–Crippen LogP) is 2.95. The normalized spacial score (nSPS) is 14.6. The van der Waals surface area contributed by atoms with Crippen molar-refractivity contribution in [2.45, 2.75) is 12.8 Å². The molecule has 1 heterocycles. The number of hydrogen-bond donors (Lipinski definition) is 1. The van der Waals surface area contributed by atoms with E-state index in [0.29, 0.717) is 31.7 Å². The number of carbonyl (C=O) groups is 1. The fraction of sp³-hybridized carbons (Fsp3) is 0.316. The van der Waals surface area contributed by atoms with Crippen LogP contribution in [0, 0.1) is 11.6 Å². The van der Waals surface area contributed by atoms with E-state index in [4.69, 9.17) is 0 Å².